The summed E-state index contributed by atoms with van der Waals surface area (Å²) in [5.74, 6) is -0.0658. The summed E-state index contributed by atoms with van der Waals surface area (Å²) < 4.78 is 5.69. The molecule has 3 aromatic rings. The number of aliphatic carboxylic acids is 1. The fourth-order valence-electron chi connectivity index (χ4n) is 2.49. The van der Waals surface area contributed by atoms with Crippen LogP contribution in [0.3, 0.4) is 0 Å². The molecule has 1 aromatic heterocycles. The monoisotopic (exact) mass is 373 g/mol. The summed E-state index contributed by atoms with van der Waals surface area (Å²) in [6, 6.07) is 12.8. The van der Waals surface area contributed by atoms with Crippen LogP contribution in [-0.2, 0) is 4.79 Å². The summed E-state index contributed by atoms with van der Waals surface area (Å²) >= 11 is 5.97. The smallest absolute Gasteiger partial charge is 0.309 e. The van der Waals surface area contributed by atoms with Crippen molar-refractivity contribution in [2.45, 2.75) is 26.7 Å². The van der Waals surface area contributed by atoms with Crippen molar-refractivity contribution in [3.8, 4) is 11.4 Å². The molecule has 7 heteroatoms. The molecule has 26 heavy (non-hydrogen) atoms. The number of hydrogen-bond acceptors (Lipinski definition) is 4. The lowest BCUT2D eigenvalue weighted by Gasteiger charge is -2.18. The minimum absolute atomic E-state index is 0.471. The molecule has 0 bridgehead atoms. The van der Waals surface area contributed by atoms with E-state index in [1.165, 1.54) is 0 Å². The lowest BCUT2D eigenvalue weighted by Crippen LogP contribution is -2.24. The topological polar surface area (TPSA) is 77.2 Å². The van der Waals surface area contributed by atoms with E-state index in [1.807, 2.05) is 30.3 Å². The number of aromatic nitrogens is 3. The molecule has 0 atom stereocenters. The maximum Gasteiger partial charge on any atom is 0.309 e. The zero-order chi connectivity index (χ0) is 18.7. The van der Waals surface area contributed by atoms with Crippen LogP contribution in [-0.4, -0.2) is 32.7 Å². The Morgan fingerprint density at radius 3 is 2.54 bits per heavy atom. The van der Waals surface area contributed by atoms with Gasteiger partial charge in [-0.1, -0.05) is 11.6 Å². The number of halogens is 1. The Bertz CT molecular complexity index is 919. The van der Waals surface area contributed by atoms with Gasteiger partial charge in [-0.2, -0.15) is 4.80 Å². The zero-order valence-corrected chi connectivity index (χ0v) is 15.4. The quantitative estimate of drug-likeness (QED) is 0.623. The molecule has 6 nitrogen and oxygen atoms in total. The maximum absolute atomic E-state index is 11.1. The number of carboxylic acids is 1. The van der Waals surface area contributed by atoms with Crippen molar-refractivity contribution in [3.63, 3.8) is 0 Å². The molecule has 0 saturated carbocycles. The van der Waals surface area contributed by atoms with Crippen molar-refractivity contribution in [1.82, 2.24) is 15.0 Å². The molecule has 1 N–H and O–H groups in total. The second kappa shape index (κ2) is 7.33. The van der Waals surface area contributed by atoms with E-state index in [2.05, 4.69) is 10.2 Å². The van der Waals surface area contributed by atoms with Gasteiger partial charge in [-0.05, 0) is 69.2 Å². The predicted molar refractivity (Wildman–Crippen MR) is 100 cm³/mol. The number of benzene rings is 2. The van der Waals surface area contributed by atoms with Gasteiger partial charge < -0.3 is 9.84 Å². The average molecular weight is 374 g/mol. The van der Waals surface area contributed by atoms with Crippen molar-refractivity contribution < 1.29 is 14.6 Å². The molecule has 0 unspecified atom stereocenters. The van der Waals surface area contributed by atoms with Crippen LogP contribution in [0.15, 0.2) is 42.5 Å². The first kappa shape index (κ1) is 18.2. The molecule has 0 saturated heterocycles. The van der Waals surface area contributed by atoms with E-state index in [-0.39, 0.29) is 0 Å². The van der Waals surface area contributed by atoms with Crippen LogP contribution in [0.4, 0.5) is 0 Å². The van der Waals surface area contributed by atoms with Crippen molar-refractivity contribution in [2.24, 2.45) is 5.41 Å². The van der Waals surface area contributed by atoms with E-state index >= 15 is 0 Å². The van der Waals surface area contributed by atoms with Gasteiger partial charge in [0.15, 0.2) is 0 Å². The lowest BCUT2D eigenvalue weighted by molar-refractivity contribution is -0.147. The van der Waals surface area contributed by atoms with Crippen molar-refractivity contribution >= 4 is 28.6 Å². The third-order valence-electron chi connectivity index (χ3n) is 4.20. The highest BCUT2D eigenvalue weighted by molar-refractivity contribution is 6.31. The second-order valence-electron chi connectivity index (χ2n) is 6.76. The van der Waals surface area contributed by atoms with Crippen LogP contribution in [0.25, 0.3) is 16.7 Å². The van der Waals surface area contributed by atoms with Gasteiger partial charge in [0.05, 0.1) is 17.7 Å². The molecule has 0 aliphatic rings. The standard InChI is InChI=1S/C19H20ClN3O3/c1-19(2,18(24)25)10-3-11-26-15-7-5-14(6-8-15)23-21-16-9-4-13(20)12-17(16)22-23/h4-9,12H,3,10-11H2,1-2H3,(H,24,25). The Hall–Kier alpha value is -2.60. The normalized spacial score (nSPS) is 11.7. The summed E-state index contributed by atoms with van der Waals surface area (Å²) in [5.41, 5.74) is 1.59. The number of rotatable bonds is 7. The van der Waals surface area contributed by atoms with Gasteiger partial charge in [0.25, 0.3) is 0 Å². The lowest BCUT2D eigenvalue weighted by atomic mass is 9.88. The number of hydrogen-bond donors (Lipinski definition) is 1. The van der Waals surface area contributed by atoms with Crippen LogP contribution in [0.5, 0.6) is 5.75 Å². The largest absolute Gasteiger partial charge is 0.494 e. The van der Waals surface area contributed by atoms with Crippen LogP contribution >= 0.6 is 11.6 Å². The molecule has 136 valence electrons. The zero-order valence-electron chi connectivity index (χ0n) is 14.6. The van der Waals surface area contributed by atoms with E-state index in [1.54, 1.807) is 30.8 Å². The third-order valence-corrected chi connectivity index (χ3v) is 4.44. The fourth-order valence-corrected chi connectivity index (χ4v) is 2.66. The summed E-state index contributed by atoms with van der Waals surface area (Å²) in [7, 11) is 0. The first-order valence-electron chi connectivity index (χ1n) is 8.34. The SMILES string of the molecule is CC(C)(CCCOc1ccc(-n2nc3ccc(Cl)cc3n2)cc1)C(=O)O. The first-order valence-corrected chi connectivity index (χ1v) is 8.72. The minimum atomic E-state index is -0.790. The summed E-state index contributed by atoms with van der Waals surface area (Å²) in [4.78, 5) is 12.6. The molecule has 3 rings (SSSR count). The number of carboxylic acid groups (broad SMARTS) is 1. The second-order valence-corrected chi connectivity index (χ2v) is 7.19. The highest BCUT2D eigenvalue weighted by Crippen LogP contribution is 2.23. The minimum Gasteiger partial charge on any atom is -0.494 e. The van der Waals surface area contributed by atoms with Gasteiger partial charge >= 0.3 is 5.97 Å². The van der Waals surface area contributed by atoms with E-state index in [4.69, 9.17) is 21.4 Å². The molecule has 0 aliphatic heterocycles. The van der Waals surface area contributed by atoms with Crippen LogP contribution in [0.2, 0.25) is 5.02 Å². The van der Waals surface area contributed by atoms with Crippen molar-refractivity contribution in [3.05, 3.63) is 47.5 Å². The number of fused-ring (bicyclic) bond motifs is 1. The highest BCUT2D eigenvalue weighted by atomic mass is 35.5. The van der Waals surface area contributed by atoms with Gasteiger partial charge in [-0.15, -0.1) is 10.2 Å². The Balaban J connectivity index is 1.60. The fraction of sp³-hybridized carbons (Fsp3) is 0.316. The van der Waals surface area contributed by atoms with Crippen molar-refractivity contribution in [1.29, 1.82) is 0 Å². The highest BCUT2D eigenvalue weighted by Gasteiger charge is 2.26. The molecule has 0 aliphatic carbocycles. The van der Waals surface area contributed by atoms with Gasteiger partial charge in [-0.3, -0.25) is 4.79 Å². The Kier molecular flexibility index (Phi) is 5.13. The van der Waals surface area contributed by atoms with E-state index in [0.29, 0.717) is 24.5 Å². The molecule has 2 aromatic carbocycles. The molecule has 0 radical (unpaired) electrons. The Morgan fingerprint density at radius 2 is 1.85 bits per heavy atom. The van der Waals surface area contributed by atoms with Gasteiger partial charge in [0.1, 0.15) is 16.8 Å². The van der Waals surface area contributed by atoms with Gasteiger partial charge in [-0.25, -0.2) is 0 Å². The van der Waals surface area contributed by atoms with Crippen molar-refractivity contribution in [2.75, 3.05) is 6.61 Å². The van der Waals surface area contributed by atoms with E-state index in [0.717, 1.165) is 22.5 Å². The summed E-state index contributed by atoms with van der Waals surface area (Å²) in [6.07, 6.45) is 1.24. The maximum atomic E-state index is 11.1. The molecule has 0 fully saturated rings. The predicted octanol–water partition coefficient (Wildman–Crippen LogP) is 4.34. The average Bonchev–Trinajstić information content (AvgIpc) is 3.02. The van der Waals surface area contributed by atoms with E-state index < -0.39 is 11.4 Å². The van der Waals surface area contributed by atoms with Gasteiger partial charge in [0, 0.05) is 5.02 Å². The summed E-state index contributed by atoms with van der Waals surface area (Å²) in [6.45, 7) is 3.91. The number of carbonyl (C=O) groups is 1. The molecular weight excluding hydrogens is 354 g/mol. The Morgan fingerprint density at radius 1 is 1.15 bits per heavy atom. The van der Waals surface area contributed by atoms with Crippen LogP contribution in [0, 0.1) is 5.41 Å². The first-order chi connectivity index (χ1) is 12.3. The Labute approximate surface area is 156 Å². The number of nitrogens with zero attached hydrogens (tertiary/aromatic N) is 3. The number of ether oxygens (including phenoxy) is 1. The molecule has 0 spiro atoms. The molecule has 0 amide bonds. The van der Waals surface area contributed by atoms with Crippen LogP contribution < -0.4 is 4.74 Å². The van der Waals surface area contributed by atoms with E-state index in [9.17, 15) is 4.79 Å². The van der Waals surface area contributed by atoms with Crippen LogP contribution in [0.1, 0.15) is 26.7 Å². The summed E-state index contributed by atoms with van der Waals surface area (Å²) in [5, 5.41) is 18.6. The molecular formula is C19H20ClN3O3. The van der Waals surface area contributed by atoms with Gasteiger partial charge in [0.2, 0.25) is 0 Å². The third kappa shape index (κ3) is 4.14. The molecule has 1 heterocycles.